The normalized spacial score (nSPS) is 12.4. The summed E-state index contributed by atoms with van der Waals surface area (Å²) in [7, 11) is 0. The number of hydrogen-bond donors (Lipinski definition) is 3. The molecule has 6 nitrogen and oxygen atoms in total. The lowest BCUT2D eigenvalue weighted by molar-refractivity contribution is -0.432. The summed E-state index contributed by atoms with van der Waals surface area (Å²) in [6.07, 6.45) is 0.262. The first kappa shape index (κ1) is 12.9. The van der Waals surface area contributed by atoms with E-state index in [-0.39, 0.29) is 6.42 Å². The fraction of sp³-hybridized carbons (Fsp3) is 0.222. The molecule has 1 aromatic carbocycles. The molecule has 0 fully saturated rings. The van der Waals surface area contributed by atoms with Crippen LogP contribution in [0.3, 0.4) is 0 Å². The molecule has 4 N–H and O–H groups in total. The van der Waals surface area contributed by atoms with E-state index in [0.717, 1.165) is 17.6 Å². The van der Waals surface area contributed by atoms with Gasteiger partial charge in [0.15, 0.2) is 0 Å². The number of carboxylic acid groups (broad SMARTS) is 1. The summed E-state index contributed by atoms with van der Waals surface area (Å²) in [6, 6.07) is 5.95. The average molecular weight is 245 g/mol. The third kappa shape index (κ3) is 4.17. The van der Waals surface area contributed by atoms with Crippen LogP contribution >= 0.6 is 12.0 Å². The van der Waals surface area contributed by atoms with Crippen LogP contribution in [0.2, 0.25) is 0 Å². The number of rotatable bonds is 6. The van der Waals surface area contributed by atoms with Gasteiger partial charge in [0.05, 0.1) is 12.0 Å². The summed E-state index contributed by atoms with van der Waals surface area (Å²) in [5.74, 6) is -1.03. The summed E-state index contributed by atoms with van der Waals surface area (Å²) in [5, 5.41) is 20.0. The third-order valence-electron chi connectivity index (χ3n) is 1.86. The maximum atomic E-state index is 10.5. The van der Waals surface area contributed by atoms with Crippen LogP contribution in [0.25, 0.3) is 0 Å². The molecule has 0 unspecified atom stereocenters. The quantitative estimate of drug-likeness (QED) is 0.391. The van der Waals surface area contributed by atoms with E-state index in [1.54, 1.807) is 24.3 Å². The Hall–Kier alpha value is -1.12. The second-order valence-corrected chi connectivity index (χ2v) is 3.79. The van der Waals surface area contributed by atoms with E-state index < -0.39 is 12.0 Å². The number of hydrogen-bond acceptors (Lipinski definition) is 6. The molecule has 0 saturated heterocycles. The van der Waals surface area contributed by atoms with Gasteiger partial charge < -0.3 is 10.8 Å². The predicted octanol–water partition coefficient (Wildman–Crippen LogP) is 1.07. The molecule has 0 aliphatic heterocycles. The smallest absolute Gasteiger partial charge is 0.320 e. The van der Waals surface area contributed by atoms with Crippen LogP contribution in [0.5, 0.6) is 0 Å². The molecule has 0 aliphatic rings. The van der Waals surface area contributed by atoms with Crippen molar-refractivity contribution < 1.29 is 24.5 Å². The van der Waals surface area contributed by atoms with Crippen molar-refractivity contribution in [3.63, 3.8) is 0 Å². The van der Waals surface area contributed by atoms with Crippen LogP contribution in [-0.4, -0.2) is 22.4 Å². The van der Waals surface area contributed by atoms with Crippen molar-refractivity contribution in [2.45, 2.75) is 17.4 Å². The molecule has 0 aromatic heterocycles. The monoisotopic (exact) mass is 245 g/mol. The van der Waals surface area contributed by atoms with Gasteiger partial charge in [0, 0.05) is 4.90 Å². The van der Waals surface area contributed by atoms with Crippen molar-refractivity contribution in [2.24, 2.45) is 5.73 Å². The van der Waals surface area contributed by atoms with Gasteiger partial charge in [-0.25, -0.2) is 5.26 Å². The minimum absolute atomic E-state index is 0.262. The Morgan fingerprint density at radius 2 is 2.06 bits per heavy atom. The first-order chi connectivity index (χ1) is 7.63. The molecular weight excluding hydrogens is 234 g/mol. The molecule has 1 aromatic rings. The summed E-state index contributed by atoms with van der Waals surface area (Å²) in [4.78, 5) is 11.2. The van der Waals surface area contributed by atoms with Crippen LogP contribution in [0.4, 0.5) is 0 Å². The van der Waals surface area contributed by atoms with E-state index in [9.17, 15) is 4.79 Å². The number of carbonyl (C=O) groups is 1. The van der Waals surface area contributed by atoms with Gasteiger partial charge in [-0.1, -0.05) is 17.2 Å². The van der Waals surface area contributed by atoms with Crippen molar-refractivity contribution in [2.75, 3.05) is 0 Å². The molecule has 7 heteroatoms. The summed E-state index contributed by atoms with van der Waals surface area (Å²) in [6.45, 7) is 0. The highest BCUT2D eigenvalue weighted by molar-refractivity contribution is 7.94. The van der Waals surface area contributed by atoms with Crippen molar-refractivity contribution in [3.8, 4) is 0 Å². The lowest BCUT2D eigenvalue weighted by Crippen LogP contribution is -2.32. The van der Waals surface area contributed by atoms with Crippen LogP contribution in [0.1, 0.15) is 5.56 Å². The fourth-order valence-electron chi connectivity index (χ4n) is 1.08. The second kappa shape index (κ2) is 6.46. The molecule has 88 valence electrons. The molecular formula is C9H11NO5S. The molecule has 1 rings (SSSR count). The van der Waals surface area contributed by atoms with Gasteiger partial charge in [-0.3, -0.25) is 4.79 Å². The first-order valence-corrected chi connectivity index (χ1v) is 5.09. The average Bonchev–Trinajstić information content (AvgIpc) is 2.28. The Kier molecular flexibility index (Phi) is 5.23. The molecule has 0 saturated carbocycles. The zero-order valence-electron chi connectivity index (χ0n) is 8.20. The number of benzene rings is 1. The van der Waals surface area contributed by atoms with Crippen molar-refractivity contribution in [1.82, 2.24) is 0 Å². The van der Waals surface area contributed by atoms with Crippen LogP contribution in [0.15, 0.2) is 29.2 Å². The van der Waals surface area contributed by atoms with Gasteiger partial charge in [-0.2, -0.15) is 0 Å². The SMILES string of the molecule is N[C@@H](Cc1ccc(SOOO)cc1)C(=O)O. The molecule has 0 aliphatic carbocycles. The molecule has 1 atom stereocenters. The van der Waals surface area contributed by atoms with Crippen LogP contribution in [0, 0.1) is 0 Å². The number of nitrogens with two attached hydrogens (primary N) is 1. The predicted molar refractivity (Wildman–Crippen MR) is 56.4 cm³/mol. The van der Waals surface area contributed by atoms with Crippen LogP contribution in [-0.2, 0) is 20.6 Å². The lowest BCUT2D eigenvalue weighted by atomic mass is 10.1. The highest BCUT2D eigenvalue weighted by Gasteiger charge is 2.11. The van der Waals surface area contributed by atoms with Crippen molar-refractivity contribution in [1.29, 1.82) is 0 Å². The van der Waals surface area contributed by atoms with Gasteiger partial charge in [-0.15, -0.1) is 4.33 Å². The fourth-order valence-corrected chi connectivity index (χ4v) is 1.43. The van der Waals surface area contributed by atoms with Gasteiger partial charge in [-0.05, 0) is 24.1 Å². The molecule has 0 amide bonds. The van der Waals surface area contributed by atoms with E-state index in [1.807, 2.05) is 0 Å². The highest BCUT2D eigenvalue weighted by Crippen LogP contribution is 2.19. The number of carboxylic acids is 1. The summed E-state index contributed by atoms with van der Waals surface area (Å²) >= 11 is 0.835. The third-order valence-corrected chi connectivity index (χ3v) is 2.45. The van der Waals surface area contributed by atoms with E-state index in [4.69, 9.17) is 16.1 Å². The summed E-state index contributed by atoms with van der Waals surface area (Å²) < 4.78 is 4.23. The minimum atomic E-state index is -1.03. The molecule has 0 heterocycles. The maximum Gasteiger partial charge on any atom is 0.320 e. The van der Waals surface area contributed by atoms with Crippen LogP contribution < -0.4 is 5.73 Å². The highest BCUT2D eigenvalue weighted by atomic mass is 32.2. The maximum absolute atomic E-state index is 10.5. The molecule has 0 radical (unpaired) electrons. The Balaban J connectivity index is 2.54. The van der Waals surface area contributed by atoms with E-state index in [2.05, 4.69) is 9.37 Å². The van der Waals surface area contributed by atoms with Crippen molar-refractivity contribution in [3.05, 3.63) is 29.8 Å². The topological polar surface area (TPSA) is 102 Å². The molecule has 0 spiro atoms. The van der Waals surface area contributed by atoms with E-state index >= 15 is 0 Å². The Bertz CT molecular complexity index is 342. The van der Waals surface area contributed by atoms with Gasteiger partial charge in [0.1, 0.15) is 6.04 Å². The Labute approximate surface area is 96.0 Å². The minimum Gasteiger partial charge on any atom is -0.480 e. The Morgan fingerprint density at radius 1 is 1.44 bits per heavy atom. The Morgan fingerprint density at radius 3 is 2.56 bits per heavy atom. The first-order valence-electron chi connectivity index (χ1n) is 4.35. The molecule has 16 heavy (non-hydrogen) atoms. The number of aliphatic carboxylic acids is 1. The standard InChI is InChI=1S/C9H11NO5S/c10-8(9(11)12)5-6-1-3-7(4-2-6)16-15-14-13/h1-4,8,13H,5,10H2,(H,11,12)/t8-/m0/s1. The largest absolute Gasteiger partial charge is 0.480 e. The second-order valence-electron chi connectivity index (χ2n) is 3.02. The van der Waals surface area contributed by atoms with E-state index in [0.29, 0.717) is 4.90 Å². The van der Waals surface area contributed by atoms with Crippen molar-refractivity contribution >= 4 is 18.0 Å². The molecule has 0 bridgehead atoms. The van der Waals surface area contributed by atoms with Gasteiger partial charge in [0.25, 0.3) is 0 Å². The van der Waals surface area contributed by atoms with E-state index in [1.165, 1.54) is 0 Å². The zero-order valence-corrected chi connectivity index (χ0v) is 9.02. The zero-order chi connectivity index (χ0) is 12.0. The lowest BCUT2D eigenvalue weighted by Gasteiger charge is -2.06. The summed E-state index contributed by atoms with van der Waals surface area (Å²) in [5.41, 5.74) is 6.19. The van der Waals surface area contributed by atoms with Gasteiger partial charge >= 0.3 is 5.97 Å². The van der Waals surface area contributed by atoms with Gasteiger partial charge in [0.2, 0.25) is 0 Å².